The second-order valence-corrected chi connectivity index (χ2v) is 7.19. The van der Waals surface area contributed by atoms with Gasteiger partial charge in [0.25, 0.3) is 0 Å². The van der Waals surface area contributed by atoms with Crippen molar-refractivity contribution in [3.63, 3.8) is 0 Å². The van der Waals surface area contributed by atoms with Crippen LogP contribution in [-0.2, 0) is 9.53 Å². The summed E-state index contributed by atoms with van der Waals surface area (Å²) in [7, 11) is 0. The van der Waals surface area contributed by atoms with Crippen LogP contribution in [0.15, 0.2) is 36.4 Å². The molecule has 2 N–H and O–H groups in total. The van der Waals surface area contributed by atoms with Gasteiger partial charge in [-0.15, -0.1) is 0 Å². The maximum Gasteiger partial charge on any atom is 0.226 e. The zero-order chi connectivity index (χ0) is 19.2. The Morgan fingerprint density at radius 1 is 1.19 bits per heavy atom. The molecule has 5 nitrogen and oxygen atoms in total. The maximum absolute atomic E-state index is 12.4. The molecule has 1 heterocycles. The normalized spacial score (nSPS) is 14.1. The molecule has 0 radical (unpaired) electrons. The van der Waals surface area contributed by atoms with Crippen molar-refractivity contribution < 1.29 is 9.53 Å². The van der Waals surface area contributed by atoms with Crippen LogP contribution in [0.5, 0.6) is 0 Å². The average Bonchev–Trinajstić information content (AvgIpc) is 2.65. The Morgan fingerprint density at radius 3 is 2.67 bits per heavy atom. The molecule has 2 aromatic rings. The number of morpholine rings is 1. The molecule has 0 bridgehead atoms. The molecular formula is C21H26ClN3O2. The van der Waals surface area contributed by atoms with Gasteiger partial charge in [-0.1, -0.05) is 29.8 Å². The lowest BCUT2D eigenvalue weighted by Crippen LogP contribution is -2.36. The highest BCUT2D eigenvalue weighted by molar-refractivity contribution is 6.33. The van der Waals surface area contributed by atoms with E-state index in [0.29, 0.717) is 31.2 Å². The number of carbonyl (C=O) groups excluding carboxylic acids is 1. The van der Waals surface area contributed by atoms with Gasteiger partial charge in [-0.3, -0.25) is 4.79 Å². The van der Waals surface area contributed by atoms with Crippen molar-refractivity contribution in [2.75, 3.05) is 48.4 Å². The zero-order valence-corrected chi connectivity index (χ0v) is 16.6. The number of aryl methyl sites for hydroxylation is 2. The third-order valence-corrected chi connectivity index (χ3v) is 4.91. The van der Waals surface area contributed by atoms with E-state index in [1.807, 2.05) is 44.2 Å². The fourth-order valence-electron chi connectivity index (χ4n) is 3.31. The van der Waals surface area contributed by atoms with E-state index in [2.05, 4.69) is 21.6 Å². The van der Waals surface area contributed by atoms with Gasteiger partial charge in [0.15, 0.2) is 0 Å². The minimum Gasteiger partial charge on any atom is -0.383 e. The van der Waals surface area contributed by atoms with Gasteiger partial charge in [0.1, 0.15) is 0 Å². The first-order valence-electron chi connectivity index (χ1n) is 9.27. The number of hydrogen-bond donors (Lipinski definition) is 2. The van der Waals surface area contributed by atoms with Crippen molar-refractivity contribution >= 4 is 34.6 Å². The van der Waals surface area contributed by atoms with E-state index < -0.39 is 0 Å². The Hall–Kier alpha value is -2.24. The molecule has 1 aliphatic rings. The van der Waals surface area contributed by atoms with E-state index in [1.165, 1.54) is 0 Å². The molecule has 3 rings (SSSR count). The van der Waals surface area contributed by atoms with Crippen molar-refractivity contribution in [2.45, 2.75) is 20.3 Å². The first-order valence-corrected chi connectivity index (χ1v) is 9.64. The van der Waals surface area contributed by atoms with Gasteiger partial charge in [-0.05, 0) is 43.2 Å². The number of rotatable bonds is 6. The minimum absolute atomic E-state index is 0.0240. The van der Waals surface area contributed by atoms with Crippen LogP contribution < -0.4 is 15.5 Å². The van der Waals surface area contributed by atoms with E-state index in [0.717, 1.165) is 41.3 Å². The van der Waals surface area contributed by atoms with Crippen LogP contribution in [0.4, 0.5) is 17.1 Å². The van der Waals surface area contributed by atoms with Crippen LogP contribution in [-0.4, -0.2) is 38.8 Å². The molecule has 0 spiro atoms. The summed E-state index contributed by atoms with van der Waals surface area (Å²) in [6, 6.07) is 11.9. The first kappa shape index (κ1) is 19.5. The number of anilines is 3. The Morgan fingerprint density at radius 2 is 1.93 bits per heavy atom. The summed E-state index contributed by atoms with van der Waals surface area (Å²) in [6.45, 7) is 7.64. The third-order valence-electron chi connectivity index (χ3n) is 4.62. The van der Waals surface area contributed by atoms with E-state index >= 15 is 0 Å². The van der Waals surface area contributed by atoms with Crippen molar-refractivity contribution in [2.24, 2.45) is 0 Å². The summed E-state index contributed by atoms with van der Waals surface area (Å²) in [4.78, 5) is 14.7. The lowest BCUT2D eigenvalue weighted by Gasteiger charge is -2.30. The zero-order valence-electron chi connectivity index (χ0n) is 15.8. The molecule has 2 aromatic carbocycles. The average molecular weight is 388 g/mol. The molecule has 0 aliphatic carbocycles. The highest BCUT2D eigenvalue weighted by Gasteiger charge is 2.15. The number of carbonyl (C=O) groups is 1. The Labute approximate surface area is 165 Å². The first-order chi connectivity index (χ1) is 13.0. The van der Waals surface area contributed by atoms with Crippen LogP contribution in [0.25, 0.3) is 0 Å². The lowest BCUT2D eigenvalue weighted by atomic mass is 10.1. The van der Waals surface area contributed by atoms with Gasteiger partial charge < -0.3 is 20.3 Å². The molecule has 6 heteroatoms. The number of nitrogens with zero attached hydrogens (tertiary/aromatic N) is 1. The molecule has 1 fully saturated rings. The monoisotopic (exact) mass is 387 g/mol. The molecule has 0 unspecified atom stereocenters. The number of amides is 1. The molecular weight excluding hydrogens is 362 g/mol. The Bertz CT molecular complexity index is 781. The van der Waals surface area contributed by atoms with Crippen molar-refractivity contribution in [1.82, 2.24) is 0 Å². The summed E-state index contributed by atoms with van der Waals surface area (Å²) in [5.74, 6) is -0.0240. The van der Waals surface area contributed by atoms with Crippen molar-refractivity contribution in [1.29, 1.82) is 0 Å². The van der Waals surface area contributed by atoms with Gasteiger partial charge in [-0.25, -0.2) is 0 Å². The molecule has 0 saturated carbocycles. The number of para-hydroxylation sites is 2. The highest BCUT2D eigenvalue weighted by atomic mass is 35.5. The minimum atomic E-state index is -0.0240. The molecule has 144 valence electrons. The van der Waals surface area contributed by atoms with Crippen LogP contribution in [0, 0.1) is 13.8 Å². The molecule has 0 aromatic heterocycles. The Balaban J connectivity index is 1.57. The van der Waals surface area contributed by atoms with Crippen molar-refractivity contribution in [3.8, 4) is 0 Å². The third kappa shape index (κ3) is 5.15. The number of hydrogen-bond acceptors (Lipinski definition) is 4. The van der Waals surface area contributed by atoms with Crippen LogP contribution >= 0.6 is 11.6 Å². The summed E-state index contributed by atoms with van der Waals surface area (Å²) in [5, 5.41) is 7.01. The van der Waals surface area contributed by atoms with Gasteiger partial charge in [0.2, 0.25) is 5.91 Å². The summed E-state index contributed by atoms with van der Waals surface area (Å²) in [5.41, 5.74) is 4.98. The van der Waals surface area contributed by atoms with Gasteiger partial charge in [0, 0.05) is 26.1 Å². The van der Waals surface area contributed by atoms with Crippen LogP contribution in [0.1, 0.15) is 17.5 Å². The van der Waals surface area contributed by atoms with E-state index in [9.17, 15) is 4.79 Å². The summed E-state index contributed by atoms with van der Waals surface area (Å²) in [6.07, 6.45) is 0.362. The second kappa shape index (κ2) is 9.11. The van der Waals surface area contributed by atoms with E-state index in [4.69, 9.17) is 16.3 Å². The molecule has 1 aliphatic heterocycles. The number of nitrogens with one attached hydrogen (secondary N) is 2. The SMILES string of the molecule is Cc1cc(C)c(NCCC(=O)Nc2ccccc2N2CCOCC2)c(Cl)c1. The number of halogens is 1. The van der Waals surface area contributed by atoms with Crippen LogP contribution in [0.2, 0.25) is 5.02 Å². The van der Waals surface area contributed by atoms with Gasteiger partial charge >= 0.3 is 0 Å². The lowest BCUT2D eigenvalue weighted by molar-refractivity contribution is -0.115. The molecule has 0 atom stereocenters. The topological polar surface area (TPSA) is 53.6 Å². The second-order valence-electron chi connectivity index (χ2n) is 6.78. The number of benzene rings is 2. The fraction of sp³-hybridized carbons (Fsp3) is 0.381. The van der Waals surface area contributed by atoms with E-state index in [1.54, 1.807) is 0 Å². The number of ether oxygens (including phenoxy) is 1. The van der Waals surface area contributed by atoms with Crippen LogP contribution in [0.3, 0.4) is 0 Å². The standard InChI is InChI=1S/C21H26ClN3O2/c1-15-13-16(2)21(17(22)14-15)23-8-7-20(26)24-18-5-3-4-6-19(18)25-9-11-27-12-10-25/h3-6,13-14,23H,7-12H2,1-2H3,(H,24,26). The summed E-state index contributed by atoms with van der Waals surface area (Å²) >= 11 is 6.31. The predicted octanol–water partition coefficient (Wildman–Crippen LogP) is 4.23. The largest absolute Gasteiger partial charge is 0.383 e. The molecule has 1 amide bonds. The predicted molar refractivity (Wildman–Crippen MR) is 112 cm³/mol. The van der Waals surface area contributed by atoms with Gasteiger partial charge in [-0.2, -0.15) is 0 Å². The quantitative estimate of drug-likeness (QED) is 0.778. The molecule has 27 heavy (non-hydrogen) atoms. The maximum atomic E-state index is 12.4. The molecule has 1 saturated heterocycles. The Kier molecular flexibility index (Phi) is 6.58. The summed E-state index contributed by atoms with van der Waals surface area (Å²) < 4.78 is 5.42. The van der Waals surface area contributed by atoms with Gasteiger partial charge in [0.05, 0.1) is 35.3 Å². The highest BCUT2D eigenvalue weighted by Crippen LogP contribution is 2.28. The fourth-order valence-corrected chi connectivity index (χ4v) is 3.70. The smallest absolute Gasteiger partial charge is 0.226 e. The van der Waals surface area contributed by atoms with Crippen molar-refractivity contribution in [3.05, 3.63) is 52.5 Å². The van der Waals surface area contributed by atoms with E-state index in [-0.39, 0.29) is 5.91 Å².